The maximum absolute atomic E-state index is 13.0. The van der Waals surface area contributed by atoms with Crippen molar-refractivity contribution in [2.45, 2.75) is 29.6 Å². The number of sulfonamides is 2. The fraction of sp³-hybridized carbons (Fsp3) is 0.240. The zero-order valence-corrected chi connectivity index (χ0v) is 21.5. The van der Waals surface area contributed by atoms with Crippen LogP contribution in [-0.2, 0) is 20.0 Å². The Morgan fingerprint density at radius 3 is 2.17 bits per heavy atom. The van der Waals surface area contributed by atoms with Gasteiger partial charge in [-0.1, -0.05) is 18.2 Å². The summed E-state index contributed by atoms with van der Waals surface area (Å²) in [6.45, 7) is 2.70. The van der Waals surface area contributed by atoms with E-state index in [2.05, 4.69) is 10.0 Å². The lowest BCUT2D eigenvalue weighted by Crippen LogP contribution is -2.28. The van der Waals surface area contributed by atoms with Crippen LogP contribution in [0.5, 0.6) is 5.75 Å². The second-order valence-electron chi connectivity index (χ2n) is 8.37. The normalized spacial score (nSPS) is 14.4. The van der Waals surface area contributed by atoms with Gasteiger partial charge in [-0.3, -0.25) is 9.52 Å². The third kappa shape index (κ3) is 5.38. The first-order valence-corrected chi connectivity index (χ1v) is 14.2. The maximum Gasteiger partial charge on any atom is 0.261 e. The van der Waals surface area contributed by atoms with E-state index in [1.807, 2.05) is 6.07 Å². The molecule has 3 aromatic carbocycles. The Bertz CT molecular complexity index is 1480. The summed E-state index contributed by atoms with van der Waals surface area (Å²) in [5.41, 5.74) is 1.65. The number of ether oxygens (including phenoxy) is 1. The largest absolute Gasteiger partial charge is 0.496 e. The molecule has 1 fully saturated rings. The summed E-state index contributed by atoms with van der Waals surface area (Å²) in [6, 6.07) is 16.9. The smallest absolute Gasteiger partial charge is 0.261 e. The van der Waals surface area contributed by atoms with Gasteiger partial charge in [0.2, 0.25) is 10.0 Å². The fourth-order valence-electron chi connectivity index (χ4n) is 3.91. The molecule has 1 heterocycles. The van der Waals surface area contributed by atoms with E-state index in [0.29, 0.717) is 24.5 Å². The van der Waals surface area contributed by atoms with Crippen molar-refractivity contribution in [3.8, 4) is 5.75 Å². The number of nitrogens with one attached hydrogen (secondary N) is 2. The Morgan fingerprint density at radius 1 is 0.889 bits per heavy atom. The number of para-hydroxylation sites is 1. The Labute approximate surface area is 211 Å². The van der Waals surface area contributed by atoms with Gasteiger partial charge in [-0.2, -0.15) is 4.31 Å². The summed E-state index contributed by atoms with van der Waals surface area (Å²) in [7, 11) is -6.16. The van der Waals surface area contributed by atoms with E-state index >= 15 is 0 Å². The number of benzene rings is 3. The number of carbonyl (C=O) groups is 1. The molecule has 1 amide bonds. The van der Waals surface area contributed by atoms with Gasteiger partial charge in [0.15, 0.2) is 0 Å². The second-order valence-corrected chi connectivity index (χ2v) is 12.0. The highest BCUT2D eigenvalue weighted by Gasteiger charge is 2.28. The van der Waals surface area contributed by atoms with E-state index in [4.69, 9.17) is 4.74 Å². The van der Waals surface area contributed by atoms with Crippen molar-refractivity contribution in [2.24, 2.45) is 0 Å². The molecular weight excluding hydrogens is 502 g/mol. The van der Waals surface area contributed by atoms with Crippen LogP contribution >= 0.6 is 0 Å². The molecule has 0 spiro atoms. The number of amides is 1. The molecule has 1 aliphatic heterocycles. The molecule has 0 saturated carbocycles. The molecule has 36 heavy (non-hydrogen) atoms. The SMILES string of the molecule is COc1ccc(S(=O)(=O)N2CCCC2)cc1C(=O)Nc1ccc(S(=O)(=O)Nc2ccccc2C)cc1. The third-order valence-corrected chi connectivity index (χ3v) is 9.21. The summed E-state index contributed by atoms with van der Waals surface area (Å²) in [5.74, 6) is -0.367. The van der Waals surface area contributed by atoms with Crippen LogP contribution in [0.4, 0.5) is 11.4 Å². The standard InChI is InChI=1S/C25H27N3O6S2/c1-18-7-3-4-8-23(18)27-35(30,31)20-11-9-19(10-12-20)26-25(29)22-17-21(13-14-24(22)34-2)36(32,33)28-15-5-6-16-28/h3-4,7-14,17,27H,5-6,15-16H2,1-2H3,(H,26,29). The summed E-state index contributed by atoms with van der Waals surface area (Å²) in [5, 5.41) is 2.68. The molecule has 0 bridgehead atoms. The molecule has 0 atom stereocenters. The maximum atomic E-state index is 13.0. The number of hydrogen-bond acceptors (Lipinski definition) is 6. The first-order valence-electron chi connectivity index (χ1n) is 11.3. The molecule has 0 radical (unpaired) electrons. The van der Waals surface area contributed by atoms with Gasteiger partial charge in [0, 0.05) is 18.8 Å². The highest BCUT2D eigenvalue weighted by Crippen LogP contribution is 2.28. The molecule has 11 heteroatoms. The Balaban J connectivity index is 1.54. The zero-order chi connectivity index (χ0) is 25.9. The summed E-state index contributed by atoms with van der Waals surface area (Å²) < 4.78 is 60.6. The average molecular weight is 530 g/mol. The van der Waals surface area contributed by atoms with E-state index in [1.54, 1.807) is 25.1 Å². The van der Waals surface area contributed by atoms with Crippen molar-refractivity contribution in [1.82, 2.24) is 4.31 Å². The lowest BCUT2D eigenvalue weighted by atomic mass is 10.2. The minimum Gasteiger partial charge on any atom is -0.496 e. The van der Waals surface area contributed by atoms with Gasteiger partial charge in [-0.25, -0.2) is 16.8 Å². The van der Waals surface area contributed by atoms with Crippen LogP contribution in [0.3, 0.4) is 0 Å². The van der Waals surface area contributed by atoms with Crippen LogP contribution in [0.2, 0.25) is 0 Å². The van der Waals surface area contributed by atoms with Crippen molar-refractivity contribution >= 4 is 37.3 Å². The van der Waals surface area contributed by atoms with Crippen LogP contribution < -0.4 is 14.8 Å². The van der Waals surface area contributed by atoms with Gasteiger partial charge in [0.05, 0.1) is 28.2 Å². The van der Waals surface area contributed by atoms with Crippen molar-refractivity contribution < 1.29 is 26.4 Å². The fourth-order valence-corrected chi connectivity index (χ4v) is 6.58. The monoisotopic (exact) mass is 529 g/mol. The summed E-state index contributed by atoms with van der Waals surface area (Å²) in [4.78, 5) is 13.1. The lowest BCUT2D eigenvalue weighted by Gasteiger charge is -2.17. The minimum absolute atomic E-state index is 0.0130. The van der Waals surface area contributed by atoms with Gasteiger partial charge in [-0.15, -0.1) is 0 Å². The summed E-state index contributed by atoms with van der Waals surface area (Å²) >= 11 is 0. The van der Waals surface area contributed by atoms with Gasteiger partial charge >= 0.3 is 0 Å². The first-order chi connectivity index (χ1) is 17.1. The van der Waals surface area contributed by atoms with Crippen LogP contribution in [0.15, 0.2) is 76.5 Å². The number of nitrogens with zero attached hydrogens (tertiary/aromatic N) is 1. The van der Waals surface area contributed by atoms with Gasteiger partial charge in [0.25, 0.3) is 15.9 Å². The van der Waals surface area contributed by atoms with E-state index in [9.17, 15) is 21.6 Å². The number of carbonyl (C=O) groups excluding carboxylic acids is 1. The lowest BCUT2D eigenvalue weighted by molar-refractivity contribution is 0.102. The molecule has 9 nitrogen and oxygen atoms in total. The summed E-state index contributed by atoms with van der Waals surface area (Å²) in [6.07, 6.45) is 1.60. The molecular formula is C25H27N3O6S2. The number of anilines is 2. The van der Waals surface area contributed by atoms with Crippen molar-refractivity contribution in [1.29, 1.82) is 0 Å². The molecule has 190 valence electrons. The van der Waals surface area contributed by atoms with Crippen LogP contribution in [0, 0.1) is 6.92 Å². The van der Waals surface area contributed by atoms with Crippen LogP contribution in [0.1, 0.15) is 28.8 Å². The third-order valence-electron chi connectivity index (χ3n) is 5.93. The minimum atomic E-state index is -3.83. The van der Waals surface area contributed by atoms with Crippen molar-refractivity contribution in [3.05, 3.63) is 77.9 Å². The molecule has 3 aromatic rings. The Hall–Kier alpha value is -3.41. The molecule has 2 N–H and O–H groups in total. The van der Waals surface area contributed by atoms with Crippen LogP contribution in [0.25, 0.3) is 0 Å². The Morgan fingerprint density at radius 2 is 1.53 bits per heavy atom. The van der Waals surface area contributed by atoms with Gasteiger partial charge in [0.1, 0.15) is 5.75 Å². The average Bonchev–Trinajstić information content (AvgIpc) is 3.41. The first kappa shape index (κ1) is 25.7. The number of methoxy groups -OCH3 is 1. The number of rotatable bonds is 8. The van der Waals surface area contributed by atoms with Gasteiger partial charge in [-0.05, 0) is 73.9 Å². The van der Waals surface area contributed by atoms with Crippen molar-refractivity contribution in [2.75, 3.05) is 30.2 Å². The van der Waals surface area contributed by atoms with Crippen LogP contribution in [-0.4, -0.2) is 47.2 Å². The quantitative estimate of drug-likeness (QED) is 0.457. The zero-order valence-electron chi connectivity index (χ0n) is 19.9. The van der Waals surface area contributed by atoms with E-state index in [0.717, 1.165) is 18.4 Å². The predicted octanol–water partition coefficient (Wildman–Crippen LogP) is 3.84. The predicted molar refractivity (Wildman–Crippen MR) is 137 cm³/mol. The molecule has 4 rings (SSSR count). The number of hydrogen-bond donors (Lipinski definition) is 2. The molecule has 1 saturated heterocycles. The number of aryl methyl sites for hydroxylation is 1. The van der Waals surface area contributed by atoms with Crippen molar-refractivity contribution in [3.63, 3.8) is 0 Å². The highest BCUT2D eigenvalue weighted by atomic mass is 32.2. The van der Waals surface area contributed by atoms with E-state index < -0.39 is 26.0 Å². The van der Waals surface area contributed by atoms with E-state index in [1.165, 1.54) is 53.9 Å². The molecule has 1 aliphatic rings. The molecule has 0 unspecified atom stereocenters. The molecule has 0 aliphatic carbocycles. The van der Waals surface area contributed by atoms with Gasteiger partial charge < -0.3 is 10.1 Å². The second kappa shape index (κ2) is 10.3. The Kier molecular flexibility index (Phi) is 7.34. The topological polar surface area (TPSA) is 122 Å². The van der Waals surface area contributed by atoms with E-state index in [-0.39, 0.29) is 21.1 Å². The highest BCUT2D eigenvalue weighted by molar-refractivity contribution is 7.92. The molecule has 0 aromatic heterocycles.